The average molecular weight is 290 g/mol. The molecule has 0 fully saturated rings. The lowest BCUT2D eigenvalue weighted by Crippen LogP contribution is -2.08. The zero-order chi connectivity index (χ0) is 14.1. The Labute approximate surface area is 120 Å². The highest BCUT2D eigenvalue weighted by molar-refractivity contribution is 7.16. The third kappa shape index (κ3) is 2.34. The molecule has 2 heterocycles. The molecule has 1 aliphatic heterocycles. The van der Waals surface area contributed by atoms with Crippen LogP contribution in [0.2, 0.25) is 0 Å². The van der Waals surface area contributed by atoms with E-state index in [0.717, 1.165) is 27.6 Å². The van der Waals surface area contributed by atoms with Crippen LogP contribution in [-0.2, 0) is 4.79 Å². The predicted octanol–water partition coefficient (Wildman–Crippen LogP) is 3.20. The summed E-state index contributed by atoms with van der Waals surface area (Å²) in [5.41, 5.74) is 1.82. The molecule has 6 heteroatoms. The fourth-order valence-electron chi connectivity index (χ4n) is 1.97. The van der Waals surface area contributed by atoms with E-state index in [4.69, 9.17) is 9.47 Å². The number of thiazole rings is 1. The minimum atomic E-state index is -0.0315. The molecule has 0 aliphatic carbocycles. The highest BCUT2D eigenvalue weighted by atomic mass is 32.1. The molecule has 1 aromatic carbocycles. The van der Waals surface area contributed by atoms with E-state index in [1.165, 1.54) is 11.3 Å². The lowest BCUT2D eigenvalue weighted by molar-refractivity contribution is -0.115. The highest BCUT2D eigenvalue weighted by Crippen LogP contribution is 2.38. The van der Waals surface area contributed by atoms with Crippen molar-refractivity contribution in [1.29, 1.82) is 0 Å². The first-order valence-corrected chi connectivity index (χ1v) is 7.16. The zero-order valence-corrected chi connectivity index (χ0v) is 12.0. The van der Waals surface area contributed by atoms with Gasteiger partial charge < -0.3 is 14.8 Å². The first-order valence-electron chi connectivity index (χ1n) is 6.34. The number of anilines is 1. The van der Waals surface area contributed by atoms with Crippen molar-refractivity contribution in [1.82, 2.24) is 4.98 Å². The Morgan fingerprint density at radius 2 is 2.20 bits per heavy atom. The summed E-state index contributed by atoms with van der Waals surface area (Å²) < 4.78 is 10.7. The molecular formula is C14H14N2O3S. The summed E-state index contributed by atoms with van der Waals surface area (Å²) in [7, 11) is 0. The Morgan fingerprint density at radius 3 is 3.00 bits per heavy atom. The number of benzene rings is 1. The summed E-state index contributed by atoms with van der Waals surface area (Å²) in [6.45, 7) is 4.06. The van der Waals surface area contributed by atoms with Crippen molar-refractivity contribution < 1.29 is 14.3 Å². The topological polar surface area (TPSA) is 60.5 Å². The normalized spacial score (nSPS) is 12.5. The van der Waals surface area contributed by atoms with Gasteiger partial charge in [0.25, 0.3) is 0 Å². The summed E-state index contributed by atoms with van der Waals surface area (Å²) in [6.07, 6.45) is 0.442. The Balaban J connectivity index is 1.92. The lowest BCUT2D eigenvalue weighted by atomic mass is 10.1. The second-order valence-corrected chi connectivity index (χ2v) is 5.60. The van der Waals surface area contributed by atoms with E-state index in [-0.39, 0.29) is 12.7 Å². The monoisotopic (exact) mass is 290 g/mol. The van der Waals surface area contributed by atoms with Gasteiger partial charge in [-0.2, -0.15) is 0 Å². The third-order valence-electron chi connectivity index (χ3n) is 3.01. The summed E-state index contributed by atoms with van der Waals surface area (Å²) in [5, 5.41) is 3.41. The average Bonchev–Trinajstić information content (AvgIpc) is 3.04. The molecular weight excluding hydrogens is 276 g/mol. The van der Waals surface area contributed by atoms with Gasteiger partial charge in [0, 0.05) is 16.9 Å². The summed E-state index contributed by atoms with van der Waals surface area (Å²) in [6, 6.07) is 5.73. The summed E-state index contributed by atoms with van der Waals surface area (Å²) in [5.74, 6) is 1.45. The van der Waals surface area contributed by atoms with Gasteiger partial charge in [-0.25, -0.2) is 4.98 Å². The van der Waals surface area contributed by atoms with Gasteiger partial charge in [0.05, 0.1) is 5.69 Å². The largest absolute Gasteiger partial charge is 0.454 e. The van der Waals surface area contributed by atoms with Crippen molar-refractivity contribution in [3.8, 4) is 22.8 Å². The molecule has 2 aromatic rings. The van der Waals surface area contributed by atoms with E-state index in [1.807, 2.05) is 32.0 Å². The number of hydrogen-bond donors (Lipinski definition) is 1. The van der Waals surface area contributed by atoms with Crippen molar-refractivity contribution in [2.75, 3.05) is 12.1 Å². The molecule has 20 heavy (non-hydrogen) atoms. The molecule has 0 spiro atoms. The van der Waals surface area contributed by atoms with Gasteiger partial charge in [-0.1, -0.05) is 6.92 Å². The second kappa shape index (κ2) is 5.13. The number of nitrogens with zero attached hydrogens (tertiary/aromatic N) is 1. The standard InChI is InChI=1S/C14H14N2O3S/c1-3-12(17)15-14-16-13(8(2)20-14)9-4-5-10-11(6-9)19-7-18-10/h4-6H,3,7H2,1-2H3,(H,15,16,17). The number of fused-ring (bicyclic) bond motifs is 1. The van der Waals surface area contributed by atoms with Gasteiger partial charge >= 0.3 is 0 Å². The molecule has 1 amide bonds. The van der Waals surface area contributed by atoms with Crippen LogP contribution in [0.5, 0.6) is 11.5 Å². The Morgan fingerprint density at radius 1 is 1.40 bits per heavy atom. The number of aryl methyl sites for hydroxylation is 1. The number of carbonyl (C=O) groups excluding carboxylic acids is 1. The first-order chi connectivity index (χ1) is 9.67. The lowest BCUT2D eigenvalue weighted by Gasteiger charge is -2.01. The summed E-state index contributed by atoms with van der Waals surface area (Å²) in [4.78, 5) is 16.9. The fourth-order valence-corrected chi connectivity index (χ4v) is 2.82. The van der Waals surface area contributed by atoms with Crippen LogP contribution in [0.15, 0.2) is 18.2 Å². The molecule has 1 aromatic heterocycles. The molecule has 5 nitrogen and oxygen atoms in total. The predicted molar refractivity (Wildman–Crippen MR) is 77.3 cm³/mol. The van der Waals surface area contributed by atoms with Crippen LogP contribution in [-0.4, -0.2) is 17.7 Å². The van der Waals surface area contributed by atoms with E-state index < -0.39 is 0 Å². The van der Waals surface area contributed by atoms with Gasteiger partial charge in [-0.05, 0) is 25.1 Å². The number of amides is 1. The maximum atomic E-state index is 11.4. The molecule has 1 aliphatic rings. The summed E-state index contributed by atoms with van der Waals surface area (Å²) >= 11 is 1.47. The zero-order valence-electron chi connectivity index (χ0n) is 11.2. The molecule has 3 rings (SSSR count). The third-order valence-corrected chi connectivity index (χ3v) is 3.90. The number of rotatable bonds is 3. The van der Waals surface area contributed by atoms with E-state index >= 15 is 0 Å². The molecule has 0 unspecified atom stereocenters. The SMILES string of the molecule is CCC(=O)Nc1nc(-c2ccc3c(c2)OCO3)c(C)s1. The minimum Gasteiger partial charge on any atom is -0.454 e. The van der Waals surface area contributed by atoms with Crippen LogP contribution in [0.25, 0.3) is 11.3 Å². The second-order valence-electron chi connectivity index (χ2n) is 4.39. The van der Waals surface area contributed by atoms with E-state index in [9.17, 15) is 4.79 Å². The number of ether oxygens (including phenoxy) is 2. The van der Waals surface area contributed by atoms with Gasteiger partial charge in [-0.15, -0.1) is 11.3 Å². The quantitative estimate of drug-likeness (QED) is 0.943. The van der Waals surface area contributed by atoms with Crippen molar-refractivity contribution in [3.05, 3.63) is 23.1 Å². The molecule has 104 valence electrons. The Hall–Kier alpha value is -2.08. The number of hydrogen-bond acceptors (Lipinski definition) is 5. The van der Waals surface area contributed by atoms with Crippen molar-refractivity contribution in [2.45, 2.75) is 20.3 Å². The number of aromatic nitrogens is 1. The smallest absolute Gasteiger partial charge is 0.231 e. The van der Waals surface area contributed by atoms with Crippen molar-refractivity contribution >= 4 is 22.4 Å². The molecule has 0 saturated carbocycles. The van der Waals surface area contributed by atoms with E-state index in [1.54, 1.807) is 0 Å². The van der Waals surface area contributed by atoms with Crippen LogP contribution < -0.4 is 14.8 Å². The minimum absolute atomic E-state index is 0.0315. The van der Waals surface area contributed by atoms with Gasteiger partial charge in [-0.3, -0.25) is 4.79 Å². The van der Waals surface area contributed by atoms with Crippen LogP contribution in [0.4, 0.5) is 5.13 Å². The van der Waals surface area contributed by atoms with Crippen LogP contribution >= 0.6 is 11.3 Å². The molecule has 0 saturated heterocycles. The Kier molecular flexibility index (Phi) is 3.31. The van der Waals surface area contributed by atoms with Gasteiger partial charge in [0.15, 0.2) is 16.6 Å². The maximum absolute atomic E-state index is 11.4. The van der Waals surface area contributed by atoms with E-state index in [2.05, 4.69) is 10.3 Å². The van der Waals surface area contributed by atoms with E-state index in [0.29, 0.717) is 11.6 Å². The number of carbonyl (C=O) groups is 1. The molecule has 1 N–H and O–H groups in total. The van der Waals surface area contributed by atoms with Crippen LogP contribution in [0.1, 0.15) is 18.2 Å². The van der Waals surface area contributed by atoms with Crippen LogP contribution in [0.3, 0.4) is 0 Å². The van der Waals surface area contributed by atoms with Crippen molar-refractivity contribution in [3.63, 3.8) is 0 Å². The maximum Gasteiger partial charge on any atom is 0.231 e. The van der Waals surface area contributed by atoms with Gasteiger partial charge in [0.1, 0.15) is 0 Å². The molecule has 0 radical (unpaired) electrons. The van der Waals surface area contributed by atoms with Gasteiger partial charge in [0.2, 0.25) is 12.7 Å². The van der Waals surface area contributed by atoms with Crippen molar-refractivity contribution in [2.24, 2.45) is 0 Å². The Bertz CT molecular complexity index is 666. The molecule has 0 atom stereocenters. The fraction of sp³-hybridized carbons (Fsp3) is 0.286. The first kappa shape index (κ1) is 12.9. The number of nitrogens with one attached hydrogen (secondary N) is 1. The molecule has 0 bridgehead atoms. The highest BCUT2D eigenvalue weighted by Gasteiger charge is 2.17. The van der Waals surface area contributed by atoms with Crippen LogP contribution in [0, 0.1) is 6.92 Å².